The molecule has 2 amide bonds. The summed E-state index contributed by atoms with van der Waals surface area (Å²) in [5.74, 6) is 1.64. The Kier molecular flexibility index (Phi) is 4.32. The molecule has 2 unspecified atom stereocenters. The molecule has 2 aromatic heterocycles. The maximum absolute atomic E-state index is 12.3. The monoisotopic (exact) mass is 370 g/mol. The summed E-state index contributed by atoms with van der Waals surface area (Å²) >= 11 is 0. The van der Waals surface area contributed by atoms with E-state index in [-0.39, 0.29) is 12.0 Å². The van der Waals surface area contributed by atoms with Gasteiger partial charge in [-0.05, 0) is 57.1 Å². The summed E-state index contributed by atoms with van der Waals surface area (Å²) in [5, 5.41) is 3.00. The van der Waals surface area contributed by atoms with E-state index in [1.54, 1.807) is 18.5 Å². The standard InChI is InChI=1S/C20H26N4O3/c1-20(2,3)27-19(26)24-11-15-14(16(15)12-24)6-7-22-18(25)13-4-5-17-21-8-9-23(17)10-13/h4-5,8-10,14-16H,6-7,11-12H2,1-3H3,(H,22,25). The Morgan fingerprint density at radius 1 is 1.26 bits per heavy atom. The molecule has 7 nitrogen and oxygen atoms in total. The Balaban J connectivity index is 1.21. The van der Waals surface area contributed by atoms with Gasteiger partial charge in [-0.15, -0.1) is 0 Å². The molecule has 144 valence electrons. The molecule has 0 bridgehead atoms. The van der Waals surface area contributed by atoms with E-state index in [4.69, 9.17) is 4.74 Å². The van der Waals surface area contributed by atoms with Crippen LogP contribution in [-0.2, 0) is 4.74 Å². The first kappa shape index (κ1) is 17.8. The summed E-state index contributed by atoms with van der Waals surface area (Å²) in [6.45, 7) is 7.86. The average Bonchev–Trinajstić information content (AvgIpc) is 2.99. The molecule has 2 aromatic rings. The number of nitrogens with zero attached hydrogens (tertiary/aromatic N) is 3. The molecule has 1 saturated heterocycles. The third-order valence-electron chi connectivity index (χ3n) is 5.44. The SMILES string of the molecule is CC(C)(C)OC(=O)N1CC2C(CCNC(=O)c3ccc4nccn4c3)C2C1. The Morgan fingerprint density at radius 3 is 2.70 bits per heavy atom. The van der Waals surface area contributed by atoms with Crippen LogP contribution < -0.4 is 5.32 Å². The fourth-order valence-electron chi connectivity index (χ4n) is 4.06. The number of piperidine rings is 1. The van der Waals surface area contributed by atoms with Crippen molar-refractivity contribution in [1.82, 2.24) is 19.6 Å². The predicted octanol–water partition coefficient (Wildman–Crippen LogP) is 2.57. The van der Waals surface area contributed by atoms with Crippen molar-refractivity contribution in [3.05, 3.63) is 36.3 Å². The van der Waals surface area contributed by atoms with Gasteiger partial charge in [-0.2, -0.15) is 0 Å². The van der Waals surface area contributed by atoms with Gasteiger partial charge in [-0.25, -0.2) is 9.78 Å². The molecule has 2 atom stereocenters. The van der Waals surface area contributed by atoms with Crippen LogP contribution >= 0.6 is 0 Å². The number of likely N-dealkylation sites (tertiary alicyclic amines) is 1. The fourth-order valence-corrected chi connectivity index (χ4v) is 4.06. The molecule has 0 radical (unpaired) electrons. The molecule has 3 heterocycles. The van der Waals surface area contributed by atoms with Crippen LogP contribution in [0, 0.1) is 17.8 Å². The van der Waals surface area contributed by atoms with Crippen LogP contribution in [0.2, 0.25) is 0 Å². The summed E-state index contributed by atoms with van der Waals surface area (Å²) in [7, 11) is 0. The van der Waals surface area contributed by atoms with Gasteiger partial charge < -0.3 is 19.4 Å². The van der Waals surface area contributed by atoms with Gasteiger partial charge in [0.25, 0.3) is 5.91 Å². The maximum Gasteiger partial charge on any atom is 0.410 e. The zero-order valence-corrected chi connectivity index (χ0v) is 16.0. The number of rotatable bonds is 4. The summed E-state index contributed by atoms with van der Waals surface area (Å²) in [4.78, 5) is 30.4. The van der Waals surface area contributed by atoms with Crippen LogP contribution in [0.4, 0.5) is 4.79 Å². The molecular weight excluding hydrogens is 344 g/mol. The van der Waals surface area contributed by atoms with Gasteiger partial charge in [-0.1, -0.05) is 0 Å². The van der Waals surface area contributed by atoms with E-state index >= 15 is 0 Å². The largest absolute Gasteiger partial charge is 0.444 e. The molecule has 1 aliphatic heterocycles. The Morgan fingerprint density at radius 2 is 2.00 bits per heavy atom. The molecule has 2 fully saturated rings. The van der Waals surface area contributed by atoms with Gasteiger partial charge in [-0.3, -0.25) is 4.79 Å². The van der Waals surface area contributed by atoms with Crippen LogP contribution in [0.3, 0.4) is 0 Å². The molecule has 1 N–H and O–H groups in total. The average molecular weight is 370 g/mol. The number of carbonyl (C=O) groups excluding carboxylic acids is 2. The lowest BCUT2D eigenvalue weighted by Crippen LogP contribution is -2.37. The smallest absolute Gasteiger partial charge is 0.410 e. The summed E-state index contributed by atoms with van der Waals surface area (Å²) < 4.78 is 7.27. The number of amides is 2. The first-order valence-electron chi connectivity index (χ1n) is 9.51. The number of hydrogen-bond acceptors (Lipinski definition) is 4. The van der Waals surface area contributed by atoms with E-state index in [0.29, 0.717) is 29.9 Å². The maximum atomic E-state index is 12.3. The highest BCUT2D eigenvalue weighted by Crippen LogP contribution is 2.53. The zero-order valence-electron chi connectivity index (χ0n) is 16.0. The van der Waals surface area contributed by atoms with E-state index in [1.165, 1.54) is 0 Å². The first-order chi connectivity index (χ1) is 12.8. The van der Waals surface area contributed by atoms with E-state index in [9.17, 15) is 9.59 Å². The number of ether oxygens (including phenoxy) is 1. The first-order valence-corrected chi connectivity index (χ1v) is 9.51. The highest BCUT2D eigenvalue weighted by atomic mass is 16.6. The summed E-state index contributed by atoms with van der Waals surface area (Å²) in [6.07, 6.45) is 6.08. The lowest BCUT2D eigenvalue weighted by atomic mass is 10.2. The second kappa shape index (κ2) is 6.55. The predicted molar refractivity (Wildman–Crippen MR) is 100 cm³/mol. The number of hydrogen-bond donors (Lipinski definition) is 1. The van der Waals surface area contributed by atoms with Crippen molar-refractivity contribution in [2.24, 2.45) is 17.8 Å². The van der Waals surface area contributed by atoms with E-state index in [0.717, 1.165) is 25.2 Å². The third kappa shape index (κ3) is 3.77. The van der Waals surface area contributed by atoms with Crippen molar-refractivity contribution < 1.29 is 14.3 Å². The van der Waals surface area contributed by atoms with Crippen molar-refractivity contribution >= 4 is 17.6 Å². The lowest BCUT2D eigenvalue weighted by Gasteiger charge is -2.25. The molecule has 1 aliphatic carbocycles. The van der Waals surface area contributed by atoms with Crippen molar-refractivity contribution in [3.8, 4) is 0 Å². The number of carbonyl (C=O) groups is 2. The van der Waals surface area contributed by atoms with Crippen LogP contribution in [-0.4, -0.2) is 51.5 Å². The molecule has 27 heavy (non-hydrogen) atoms. The summed E-state index contributed by atoms with van der Waals surface area (Å²) in [5.41, 5.74) is 1.01. The van der Waals surface area contributed by atoms with Gasteiger partial charge in [0.05, 0.1) is 5.56 Å². The highest BCUT2D eigenvalue weighted by molar-refractivity contribution is 5.94. The van der Waals surface area contributed by atoms with Gasteiger partial charge in [0, 0.05) is 38.2 Å². The number of imidazole rings is 1. The third-order valence-corrected chi connectivity index (χ3v) is 5.44. The molecular formula is C20H26N4O3. The molecule has 2 aliphatic rings. The fraction of sp³-hybridized carbons (Fsp3) is 0.550. The summed E-state index contributed by atoms with van der Waals surface area (Å²) in [6, 6.07) is 3.63. The molecule has 4 rings (SSSR count). The van der Waals surface area contributed by atoms with Crippen LogP contribution in [0.1, 0.15) is 37.6 Å². The molecule has 7 heteroatoms. The Labute approximate surface area is 158 Å². The van der Waals surface area contributed by atoms with Gasteiger partial charge in [0.2, 0.25) is 0 Å². The number of nitrogens with one attached hydrogen (secondary N) is 1. The number of fused-ring (bicyclic) bond motifs is 2. The Bertz CT molecular complexity index is 857. The minimum Gasteiger partial charge on any atom is -0.444 e. The highest BCUT2D eigenvalue weighted by Gasteiger charge is 2.56. The van der Waals surface area contributed by atoms with E-state index in [1.807, 2.05) is 42.3 Å². The van der Waals surface area contributed by atoms with Crippen molar-refractivity contribution in [3.63, 3.8) is 0 Å². The second-order valence-corrected chi connectivity index (χ2v) is 8.53. The second-order valence-electron chi connectivity index (χ2n) is 8.53. The number of aromatic nitrogens is 2. The lowest BCUT2D eigenvalue weighted by molar-refractivity contribution is 0.0265. The van der Waals surface area contributed by atoms with Crippen molar-refractivity contribution in [2.75, 3.05) is 19.6 Å². The minimum atomic E-state index is -0.451. The van der Waals surface area contributed by atoms with Crippen LogP contribution in [0.15, 0.2) is 30.7 Å². The van der Waals surface area contributed by atoms with Crippen molar-refractivity contribution in [1.29, 1.82) is 0 Å². The van der Waals surface area contributed by atoms with E-state index in [2.05, 4.69) is 10.3 Å². The quantitative estimate of drug-likeness (QED) is 0.897. The molecule has 0 aromatic carbocycles. The van der Waals surface area contributed by atoms with Gasteiger partial charge >= 0.3 is 6.09 Å². The minimum absolute atomic E-state index is 0.0632. The van der Waals surface area contributed by atoms with Gasteiger partial charge in [0.1, 0.15) is 11.2 Å². The van der Waals surface area contributed by atoms with Crippen LogP contribution in [0.25, 0.3) is 5.65 Å². The number of pyridine rings is 1. The zero-order chi connectivity index (χ0) is 19.2. The van der Waals surface area contributed by atoms with Crippen molar-refractivity contribution in [2.45, 2.75) is 32.8 Å². The topological polar surface area (TPSA) is 75.9 Å². The van der Waals surface area contributed by atoms with E-state index < -0.39 is 5.60 Å². The van der Waals surface area contributed by atoms with Crippen LogP contribution in [0.5, 0.6) is 0 Å². The molecule has 0 spiro atoms. The Hall–Kier alpha value is -2.57. The van der Waals surface area contributed by atoms with Gasteiger partial charge in [0.15, 0.2) is 0 Å². The normalized spacial score (nSPS) is 24.0. The molecule has 1 saturated carbocycles.